The van der Waals surface area contributed by atoms with E-state index >= 15 is 0 Å². The van der Waals surface area contributed by atoms with Gasteiger partial charge in [-0.25, -0.2) is 4.79 Å². The van der Waals surface area contributed by atoms with E-state index in [0.29, 0.717) is 12.8 Å². The van der Waals surface area contributed by atoms with Crippen molar-refractivity contribution in [1.82, 2.24) is 4.90 Å². The number of hydrogen-bond acceptors (Lipinski definition) is 4. The van der Waals surface area contributed by atoms with Crippen LogP contribution in [0.4, 0.5) is 18.0 Å². The first-order valence-electron chi connectivity index (χ1n) is 5.40. The third-order valence-electron chi connectivity index (χ3n) is 2.57. The van der Waals surface area contributed by atoms with Gasteiger partial charge in [0.05, 0.1) is 13.0 Å². The number of methoxy groups -OCH3 is 1. The van der Waals surface area contributed by atoms with Gasteiger partial charge in [-0.3, -0.25) is 4.79 Å². The molecule has 0 spiro atoms. The van der Waals surface area contributed by atoms with Crippen LogP contribution in [0.5, 0.6) is 0 Å². The van der Waals surface area contributed by atoms with E-state index in [0.717, 1.165) is 4.90 Å². The highest BCUT2D eigenvalue weighted by atomic mass is 19.4. The molecule has 1 atom stereocenters. The third-order valence-corrected chi connectivity index (χ3v) is 2.57. The standard InChI is InChI=1S/C10H14F3NO4/c1-17-8(15)7-3-2-4-14(5-7)9(16)18-6-10(11,12)13/h7H,2-6H2,1H3. The monoisotopic (exact) mass is 269 g/mol. The van der Waals surface area contributed by atoms with E-state index in [-0.39, 0.29) is 13.1 Å². The Balaban J connectivity index is 2.46. The van der Waals surface area contributed by atoms with Crippen LogP contribution in [-0.2, 0) is 14.3 Å². The van der Waals surface area contributed by atoms with Gasteiger partial charge in [-0.05, 0) is 12.8 Å². The number of amides is 1. The Morgan fingerprint density at radius 2 is 2.06 bits per heavy atom. The Morgan fingerprint density at radius 3 is 2.61 bits per heavy atom. The maximum absolute atomic E-state index is 11.9. The summed E-state index contributed by atoms with van der Waals surface area (Å²) in [6.45, 7) is -1.31. The van der Waals surface area contributed by atoms with Crippen molar-refractivity contribution in [3.63, 3.8) is 0 Å². The van der Waals surface area contributed by atoms with Gasteiger partial charge in [-0.2, -0.15) is 13.2 Å². The van der Waals surface area contributed by atoms with E-state index in [1.54, 1.807) is 0 Å². The van der Waals surface area contributed by atoms with Gasteiger partial charge in [-0.15, -0.1) is 0 Å². The molecule has 0 bridgehead atoms. The summed E-state index contributed by atoms with van der Waals surface area (Å²) in [5.41, 5.74) is 0. The first kappa shape index (κ1) is 14.6. The van der Waals surface area contributed by atoms with Crippen LogP contribution < -0.4 is 0 Å². The number of alkyl halides is 3. The second-order valence-corrected chi connectivity index (χ2v) is 3.98. The lowest BCUT2D eigenvalue weighted by Gasteiger charge is -2.30. The zero-order valence-electron chi connectivity index (χ0n) is 9.83. The summed E-state index contributed by atoms with van der Waals surface area (Å²) < 4.78 is 44.3. The van der Waals surface area contributed by atoms with Crippen LogP contribution in [0.3, 0.4) is 0 Å². The number of esters is 1. The quantitative estimate of drug-likeness (QED) is 0.714. The normalized spacial score (nSPS) is 20.4. The van der Waals surface area contributed by atoms with Crippen molar-refractivity contribution in [1.29, 1.82) is 0 Å². The maximum Gasteiger partial charge on any atom is 0.422 e. The number of halogens is 3. The van der Waals surface area contributed by atoms with E-state index < -0.39 is 30.8 Å². The fraction of sp³-hybridized carbons (Fsp3) is 0.800. The highest BCUT2D eigenvalue weighted by molar-refractivity contribution is 5.74. The Kier molecular flexibility index (Phi) is 4.80. The fourth-order valence-corrected chi connectivity index (χ4v) is 1.74. The van der Waals surface area contributed by atoms with Crippen molar-refractivity contribution in [2.45, 2.75) is 19.0 Å². The molecule has 5 nitrogen and oxygen atoms in total. The largest absolute Gasteiger partial charge is 0.469 e. The molecule has 1 heterocycles. The minimum absolute atomic E-state index is 0.0311. The van der Waals surface area contributed by atoms with Gasteiger partial charge in [0.1, 0.15) is 0 Å². The van der Waals surface area contributed by atoms with E-state index in [2.05, 4.69) is 9.47 Å². The average Bonchev–Trinajstić information content (AvgIpc) is 2.34. The topological polar surface area (TPSA) is 55.8 Å². The van der Waals surface area contributed by atoms with Crippen LogP contribution in [0.2, 0.25) is 0 Å². The fourth-order valence-electron chi connectivity index (χ4n) is 1.74. The predicted octanol–water partition coefficient (Wildman–Crippen LogP) is 1.57. The number of likely N-dealkylation sites (tertiary alicyclic amines) is 1. The van der Waals surface area contributed by atoms with E-state index in [1.807, 2.05) is 0 Å². The highest BCUT2D eigenvalue weighted by Crippen LogP contribution is 2.20. The Hall–Kier alpha value is -1.47. The molecule has 18 heavy (non-hydrogen) atoms. The molecule has 1 aliphatic rings. The minimum Gasteiger partial charge on any atom is -0.469 e. The summed E-state index contributed by atoms with van der Waals surface area (Å²) >= 11 is 0. The van der Waals surface area contributed by atoms with Crippen molar-refractivity contribution in [2.24, 2.45) is 5.92 Å². The minimum atomic E-state index is -4.55. The van der Waals surface area contributed by atoms with Crippen molar-refractivity contribution >= 4 is 12.1 Å². The summed E-state index contributed by atoms with van der Waals surface area (Å²) in [5, 5.41) is 0. The lowest BCUT2D eigenvalue weighted by atomic mass is 9.99. The number of carbonyl (C=O) groups is 2. The number of ether oxygens (including phenoxy) is 2. The average molecular weight is 269 g/mol. The lowest BCUT2D eigenvalue weighted by Crippen LogP contribution is -2.43. The number of hydrogen-bond donors (Lipinski definition) is 0. The van der Waals surface area contributed by atoms with Crippen molar-refractivity contribution in [3.05, 3.63) is 0 Å². The van der Waals surface area contributed by atoms with Gasteiger partial charge in [-0.1, -0.05) is 0 Å². The van der Waals surface area contributed by atoms with Gasteiger partial charge >= 0.3 is 18.2 Å². The maximum atomic E-state index is 11.9. The van der Waals surface area contributed by atoms with Gasteiger partial charge < -0.3 is 14.4 Å². The number of nitrogens with zero attached hydrogens (tertiary/aromatic N) is 1. The molecule has 104 valence electrons. The van der Waals surface area contributed by atoms with Crippen LogP contribution >= 0.6 is 0 Å². The molecule has 1 unspecified atom stereocenters. The molecule has 0 N–H and O–H groups in total. The van der Waals surface area contributed by atoms with Crippen LogP contribution in [0.1, 0.15) is 12.8 Å². The molecule has 1 aliphatic heterocycles. The summed E-state index contributed by atoms with van der Waals surface area (Å²) in [5.74, 6) is -0.967. The molecule has 1 rings (SSSR count). The molecule has 0 radical (unpaired) electrons. The first-order chi connectivity index (χ1) is 8.33. The Labute approximate surface area is 102 Å². The van der Waals surface area contributed by atoms with E-state index in [9.17, 15) is 22.8 Å². The molecule has 1 saturated heterocycles. The molecule has 0 aromatic rings. The summed E-state index contributed by atoms with van der Waals surface area (Å²) in [4.78, 5) is 23.7. The molecule has 0 aliphatic carbocycles. The van der Waals surface area contributed by atoms with Crippen LogP contribution in [-0.4, -0.2) is 49.9 Å². The zero-order valence-corrected chi connectivity index (χ0v) is 9.83. The summed E-state index contributed by atoms with van der Waals surface area (Å²) in [6, 6.07) is 0. The van der Waals surface area contributed by atoms with Crippen molar-refractivity contribution in [3.8, 4) is 0 Å². The lowest BCUT2D eigenvalue weighted by molar-refractivity contribution is -0.163. The molecule has 1 fully saturated rings. The molecule has 0 aromatic carbocycles. The second kappa shape index (κ2) is 5.92. The van der Waals surface area contributed by atoms with Gasteiger partial charge in [0.2, 0.25) is 0 Å². The van der Waals surface area contributed by atoms with Crippen LogP contribution in [0.15, 0.2) is 0 Å². The zero-order chi connectivity index (χ0) is 13.8. The third kappa shape index (κ3) is 4.42. The number of piperidine rings is 1. The van der Waals surface area contributed by atoms with Gasteiger partial charge in [0.15, 0.2) is 6.61 Å². The second-order valence-electron chi connectivity index (χ2n) is 3.98. The van der Waals surface area contributed by atoms with E-state index in [1.165, 1.54) is 7.11 Å². The first-order valence-corrected chi connectivity index (χ1v) is 5.40. The van der Waals surface area contributed by atoms with E-state index in [4.69, 9.17) is 0 Å². The molecular formula is C10H14F3NO4. The number of rotatable bonds is 2. The van der Waals surface area contributed by atoms with Crippen LogP contribution in [0, 0.1) is 5.92 Å². The molecule has 8 heteroatoms. The van der Waals surface area contributed by atoms with Crippen LogP contribution in [0.25, 0.3) is 0 Å². The smallest absolute Gasteiger partial charge is 0.422 e. The molecular weight excluding hydrogens is 255 g/mol. The van der Waals surface area contributed by atoms with Crippen molar-refractivity contribution < 1.29 is 32.2 Å². The summed E-state index contributed by atoms with van der Waals surface area (Å²) in [6.07, 6.45) is -4.52. The molecule has 0 aromatic heterocycles. The molecule has 1 amide bonds. The predicted molar refractivity (Wildman–Crippen MR) is 53.7 cm³/mol. The molecule has 0 saturated carbocycles. The highest BCUT2D eigenvalue weighted by Gasteiger charge is 2.33. The SMILES string of the molecule is COC(=O)C1CCCN(C(=O)OCC(F)(F)F)C1. The Morgan fingerprint density at radius 1 is 1.39 bits per heavy atom. The van der Waals surface area contributed by atoms with Gasteiger partial charge in [0.25, 0.3) is 0 Å². The summed E-state index contributed by atoms with van der Waals surface area (Å²) in [7, 11) is 1.23. The van der Waals surface area contributed by atoms with Crippen molar-refractivity contribution in [2.75, 3.05) is 26.8 Å². The number of carbonyl (C=O) groups excluding carboxylic acids is 2. The Bertz CT molecular complexity index is 319. The van der Waals surface area contributed by atoms with Gasteiger partial charge in [0, 0.05) is 13.1 Å².